The molecule has 1 saturated heterocycles. The van der Waals surface area contributed by atoms with Crippen molar-refractivity contribution in [2.24, 2.45) is 0 Å². The Bertz CT molecular complexity index is 1460. The number of hydrogen-bond acceptors (Lipinski definition) is 6. The Labute approximate surface area is 220 Å². The highest BCUT2D eigenvalue weighted by Crippen LogP contribution is 2.29. The lowest BCUT2D eigenvalue weighted by atomic mass is 10.1. The summed E-state index contributed by atoms with van der Waals surface area (Å²) in [6, 6.07) is 11.6. The average Bonchev–Trinajstić information content (AvgIpc) is 3.31. The van der Waals surface area contributed by atoms with Crippen LogP contribution < -0.4 is 10.2 Å². The maximum atomic E-state index is 13.0. The summed E-state index contributed by atoms with van der Waals surface area (Å²) < 4.78 is 45.0. The van der Waals surface area contributed by atoms with E-state index in [1.165, 1.54) is 18.3 Å². The number of benzene rings is 1. The number of fused-ring (bicyclic) bond motifs is 1. The molecule has 2 aromatic heterocycles. The van der Waals surface area contributed by atoms with E-state index in [-0.39, 0.29) is 35.8 Å². The molecule has 39 heavy (non-hydrogen) atoms. The van der Waals surface area contributed by atoms with Crippen molar-refractivity contribution >= 4 is 29.9 Å². The van der Waals surface area contributed by atoms with Crippen molar-refractivity contribution in [3.63, 3.8) is 0 Å². The molecule has 2 amide bonds. The summed E-state index contributed by atoms with van der Waals surface area (Å²) in [7, 11) is 0. The van der Waals surface area contributed by atoms with Crippen molar-refractivity contribution in [3.05, 3.63) is 76.7 Å². The number of carbonyl (C=O) groups excluding carboxylic acids is 3. The van der Waals surface area contributed by atoms with Crippen LogP contribution in [0.15, 0.2) is 48.7 Å². The van der Waals surface area contributed by atoms with Crippen LogP contribution in [-0.2, 0) is 16.0 Å². The van der Waals surface area contributed by atoms with Crippen LogP contribution in [0.25, 0.3) is 23.4 Å². The van der Waals surface area contributed by atoms with Gasteiger partial charge < -0.3 is 19.8 Å². The van der Waals surface area contributed by atoms with Crippen molar-refractivity contribution in [1.82, 2.24) is 19.9 Å². The molecule has 1 aromatic carbocycles. The Morgan fingerprint density at radius 2 is 1.87 bits per heavy atom. The zero-order valence-corrected chi connectivity index (χ0v) is 20.5. The highest BCUT2D eigenvalue weighted by molar-refractivity contribution is 5.98. The van der Waals surface area contributed by atoms with E-state index >= 15 is 0 Å². The van der Waals surface area contributed by atoms with Gasteiger partial charge in [0.2, 0.25) is 0 Å². The van der Waals surface area contributed by atoms with Gasteiger partial charge in [-0.2, -0.15) is 17.9 Å². The molecule has 5 rings (SSSR count). The minimum absolute atomic E-state index is 0.0872. The summed E-state index contributed by atoms with van der Waals surface area (Å²) in [5, 5.41) is 2.63. The van der Waals surface area contributed by atoms with E-state index in [1.54, 1.807) is 41.3 Å². The van der Waals surface area contributed by atoms with Gasteiger partial charge in [0.25, 0.3) is 11.8 Å². The maximum Gasteiger partial charge on any atom is 0.493 e. The largest absolute Gasteiger partial charge is 0.493 e. The number of ether oxygens (including phenoxy) is 1. The van der Waals surface area contributed by atoms with Crippen molar-refractivity contribution in [3.8, 4) is 11.3 Å². The molecule has 1 N–H and O–H groups in total. The molecule has 0 radical (unpaired) electrons. The average molecular weight is 540 g/mol. The molecule has 0 unspecified atom stereocenters. The summed E-state index contributed by atoms with van der Waals surface area (Å²) in [5.41, 5.74) is 2.52. The molecule has 2 aliphatic rings. The lowest BCUT2D eigenvalue weighted by Crippen LogP contribution is -2.40. The molecule has 0 saturated carbocycles. The second-order valence-electron chi connectivity index (χ2n) is 8.90. The topological polar surface area (TPSA) is 103 Å². The van der Waals surface area contributed by atoms with Crippen LogP contribution >= 0.6 is 0 Å². The van der Waals surface area contributed by atoms with Gasteiger partial charge >= 0.3 is 12.1 Å². The van der Waals surface area contributed by atoms with Crippen molar-refractivity contribution in [1.29, 1.82) is 0 Å². The van der Waals surface area contributed by atoms with Gasteiger partial charge in [-0.3, -0.25) is 14.6 Å². The van der Waals surface area contributed by atoms with Crippen LogP contribution in [0.5, 0.6) is 0 Å². The van der Waals surface area contributed by atoms with Crippen LogP contribution in [0.3, 0.4) is 0 Å². The summed E-state index contributed by atoms with van der Waals surface area (Å²) in [5.74, 6) is -2.95. The summed E-state index contributed by atoms with van der Waals surface area (Å²) in [6.45, 7) is 2.25. The first-order valence-electron chi connectivity index (χ1n) is 12.1. The number of morpholine rings is 1. The molecule has 4 heterocycles. The van der Waals surface area contributed by atoms with Gasteiger partial charge in [0, 0.05) is 43.4 Å². The fraction of sp³-hybridized carbons (Fsp3) is 0.259. The Morgan fingerprint density at radius 1 is 1.08 bits per heavy atom. The Morgan fingerprint density at radius 3 is 2.64 bits per heavy atom. The number of rotatable bonds is 5. The van der Waals surface area contributed by atoms with Gasteiger partial charge in [-0.15, -0.1) is 0 Å². The number of amides is 2. The van der Waals surface area contributed by atoms with E-state index in [0.717, 1.165) is 10.3 Å². The lowest BCUT2D eigenvalue weighted by Gasteiger charge is -2.26. The highest BCUT2D eigenvalue weighted by Gasteiger charge is 2.43. The van der Waals surface area contributed by atoms with Gasteiger partial charge in [-0.25, -0.2) is 4.79 Å². The van der Waals surface area contributed by atoms with Crippen LogP contribution in [0.4, 0.5) is 13.2 Å². The first-order valence-corrected chi connectivity index (χ1v) is 12.1. The molecule has 0 spiro atoms. The van der Waals surface area contributed by atoms with Crippen LogP contribution in [0.2, 0.25) is 0 Å². The van der Waals surface area contributed by atoms with E-state index in [9.17, 15) is 27.6 Å². The van der Waals surface area contributed by atoms with E-state index in [4.69, 9.17) is 9.57 Å². The smallest absolute Gasteiger partial charge is 0.378 e. The molecular formula is C27H23F3N4O5. The standard InChI is InChI=1S/C27H23F3N4O5/c28-27(29,30)26(37)39-34-22-7-9-32-24(35)21(22)16-23(34)18-6-8-31-20(15-18)5-4-17-2-1-3-19(14-17)25(36)33-10-12-38-13-11-33/h1-6,8,14-16H,7,9-13H2,(H,32,35). The highest BCUT2D eigenvalue weighted by atomic mass is 19.4. The van der Waals surface area contributed by atoms with E-state index in [2.05, 4.69) is 10.3 Å². The Kier molecular flexibility index (Phi) is 7.20. The molecule has 0 bridgehead atoms. The number of nitrogens with zero attached hydrogens (tertiary/aromatic N) is 3. The maximum absolute atomic E-state index is 13.0. The third-order valence-electron chi connectivity index (χ3n) is 6.31. The van der Waals surface area contributed by atoms with Gasteiger partial charge in [0.1, 0.15) is 0 Å². The molecule has 0 aliphatic carbocycles. The molecule has 2 aliphatic heterocycles. The number of nitrogens with one attached hydrogen (secondary N) is 1. The molecule has 9 nitrogen and oxygen atoms in total. The fourth-order valence-electron chi connectivity index (χ4n) is 4.40. The summed E-state index contributed by atoms with van der Waals surface area (Å²) in [4.78, 5) is 47.5. The van der Waals surface area contributed by atoms with Gasteiger partial charge in [0.15, 0.2) is 0 Å². The molecule has 202 valence electrons. The zero-order chi connectivity index (χ0) is 27.6. The second kappa shape index (κ2) is 10.7. The zero-order valence-electron chi connectivity index (χ0n) is 20.5. The number of pyridine rings is 1. The molecule has 1 fully saturated rings. The van der Waals surface area contributed by atoms with E-state index < -0.39 is 18.1 Å². The molecular weight excluding hydrogens is 517 g/mol. The second-order valence-corrected chi connectivity index (χ2v) is 8.90. The normalized spacial score (nSPS) is 15.7. The van der Waals surface area contributed by atoms with Crippen molar-refractivity contribution in [2.45, 2.75) is 12.6 Å². The SMILES string of the molecule is O=C1NCCc2c1cc(-c1ccnc(C=Cc3cccc(C(=O)N4CCOCC4)c3)c1)n2OC(=O)C(F)(F)F. The van der Waals surface area contributed by atoms with E-state index in [0.29, 0.717) is 43.1 Å². The monoisotopic (exact) mass is 540 g/mol. The minimum Gasteiger partial charge on any atom is -0.378 e. The number of carbonyl (C=O) groups is 3. The lowest BCUT2D eigenvalue weighted by molar-refractivity contribution is -0.199. The molecule has 3 aromatic rings. The number of hydrogen-bond donors (Lipinski definition) is 1. The molecule has 12 heteroatoms. The number of halogens is 3. The Balaban J connectivity index is 1.42. The first-order chi connectivity index (χ1) is 18.7. The Hall–Kier alpha value is -4.45. The number of aromatic nitrogens is 2. The third-order valence-corrected chi connectivity index (χ3v) is 6.31. The van der Waals surface area contributed by atoms with Gasteiger partial charge in [0.05, 0.1) is 35.9 Å². The third kappa shape index (κ3) is 5.70. The van der Waals surface area contributed by atoms with Crippen molar-refractivity contribution in [2.75, 3.05) is 32.8 Å². The number of alkyl halides is 3. The van der Waals surface area contributed by atoms with Crippen molar-refractivity contribution < 1.29 is 37.1 Å². The van der Waals surface area contributed by atoms with E-state index in [1.807, 2.05) is 6.07 Å². The summed E-state index contributed by atoms with van der Waals surface area (Å²) in [6.07, 6.45) is -0.138. The van der Waals surface area contributed by atoms with Gasteiger partial charge in [-0.1, -0.05) is 18.2 Å². The van der Waals surface area contributed by atoms with Crippen LogP contribution in [0, 0.1) is 0 Å². The first kappa shape index (κ1) is 26.2. The van der Waals surface area contributed by atoms with Gasteiger partial charge in [-0.05, 0) is 42.0 Å². The summed E-state index contributed by atoms with van der Waals surface area (Å²) >= 11 is 0. The fourth-order valence-corrected chi connectivity index (χ4v) is 4.40. The minimum atomic E-state index is -5.21. The van der Waals surface area contributed by atoms with Crippen LogP contribution in [-0.4, -0.2) is 71.4 Å². The van der Waals surface area contributed by atoms with Crippen LogP contribution in [0.1, 0.15) is 37.7 Å². The predicted octanol–water partition coefficient (Wildman–Crippen LogP) is 3.00. The molecule has 0 atom stereocenters. The predicted molar refractivity (Wildman–Crippen MR) is 133 cm³/mol. The quantitative estimate of drug-likeness (QED) is 0.534.